The zero-order valence-electron chi connectivity index (χ0n) is 15.4. The summed E-state index contributed by atoms with van der Waals surface area (Å²) in [6.07, 6.45) is 4.12. The summed E-state index contributed by atoms with van der Waals surface area (Å²) in [5.74, 6) is -0.0982. The highest BCUT2D eigenvalue weighted by Crippen LogP contribution is 2.31. The number of hydrogen-bond donors (Lipinski definition) is 2. The maximum Gasteiger partial charge on any atom is 0.255 e. The van der Waals surface area contributed by atoms with Crippen LogP contribution in [0.15, 0.2) is 36.4 Å². The quantitative estimate of drug-likeness (QED) is 0.581. The predicted octanol–water partition coefficient (Wildman–Crippen LogP) is 5.64. The second-order valence-corrected chi connectivity index (χ2v) is 8.50. The summed E-state index contributed by atoms with van der Waals surface area (Å²) in [5.41, 5.74) is 2.79. The Morgan fingerprint density at radius 1 is 1.14 bits per heavy atom. The maximum atomic E-state index is 12.7. The van der Waals surface area contributed by atoms with Crippen molar-refractivity contribution in [2.45, 2.75) is 32.6 Å². The van der Waals surface area contributed by atoms with E-state index in [1.165, 1.54) is 11.3 Å². The van der Waals surface area contributed by atoms with Gasteiger partial charge in [0.25, 0.3) is 5.91 Å². The molecule has 5 nitrogen and oxygen atoms in total. The van der Waals surface area contributed by atoms with Crippen LogP contribution in [0.5, 0.6) is 0 Å². The van der Waals surface area contributed by atoms with E-state index in [2.05, 4.69) is 15.6 Å². The van der Waals surface area contributed by atoms with Crippen molar-refractivity contribution in [1.29, 1.82) is 0 Å². The molecule has 2 amide bonds. The first-order valence-corrected chi connectivity index (χ1v) is 10.5. The number of anilines is 2. The van der Waals surface area contributed by atoms with Gasteiger partial charge >= 0.3 is 0 Å². The molecule has 2 aromatic carbocycles. The predicted molar refractivity (Wildman–Crippen MR) is 114 cm³/mol. The van der Waals surface area contributed by atoms with Gasteiger partial charge in [0.2, 0.25) is 5.91 Å². The third-order valence-corrected chi connectivity index (χ3v) is 6.32. The van der Waals surface area contributed by atoms with Gasteiger partial charge in [-0.15, -0.1) is 0 Å². The summed E-state index contributed by atoms with van der Waals surface area (Å²) >= 11 is 7.58. The molecule has 28 heavy (non-hydrogen) atoms. The number of carbonyl (C=O) groups is 2. The van der Waals surface area contributed by atoms with Crippen molar-refractivity contribution in [3.63, 3.8) is 0 Å². The fraction of sp³-hybridized carbons (Fsp3) is 0.286. The third kappa shape index (κ3) is 3.88. The number of thiazole rings is 1. The Labute approximate surface area is 172 Å². The molecule has 3 aromatic rings. The molecule has 2 N–H and O–H groups in total. The molecule has 0 saturated heterocycles. The van der Waals surface area contributed by atoms with E-state index in [0.717, 1.165) is 41.5 Å². The maximum absolute atomic E-state index is 12.7. The average Bonchev–Trinajstić information content (AvgIpc) is 3.33. The van der Waals surface area contributed by atoms with Crippen molar-refractivity contribution in [3.8, 4) is 0 Å². The first-order chi connectivity index (χ1) is 13.5. The van der Waals surface area contributed by atoms with E-state index in [-0.39, 0.29) is 17.7 Å². The van der Waals surface area contributed by atoms with Crippen LogP contribution in [0, 0.1) is 12.8 Å². The number of nitrogens with zero attached hydrogens (tertiary/aromatic N) is 1. The molecule has 144 valence electrons. The zero-order valence-corrected chi connectivity index (χ0v) is 17.0. The molecule has 1 fully saturated rings. The van der Waals surface area contributed by atoms with Gasteiger partial charge in [-0.1, -0.05) is 47.9 Å². The molecule has 0 radical (unpaired) electrons. The largest absolute Gasteiger partial charge is 0.320 e. The van der Waals surface area contributed by atoms with Gasteiger partial charge in [0.15, 0.2) is 5.13 Å². The molecule has 1 aliphatic rings. The number of fused-ring (bicyclic) bond motifs is 1. The van der Waals surface area contributed by atoms with Crippen molar-refractivity contribution in [3.05, 3.63) is 52.5 Å². The van der Waals surface area contributed by atoms with E-state index in [1.54, 1.807) is 24.3 Å². The van der Waals surface area contributed by atoms with Gasteiger partial charge in [0, 0.05) is 11.5 Å². The number of aryl methyl sites for hydroxylation is 1. The first kappa shape index (κ1) is 18.9. The lowest BCUT2D eigenvalue weighted by Gasteiger charge is -2.10. The highest BCUT2D eigenvalue weighted by atomic mass is 35.5. The van der Waals surface area contributed by atoms with E-state index in [1.807, 2.05) is 19.1 Å². The van der Waals surface area contributed by atoms with Gasteiger partial charge in [-0.3, -0.25) is 9.59 Å². The molecular weight excluding hydrogens is 394 g/mol. The lowest BCUT2D eigenvalue weighted by molar-refractivity contribution is -0.119. The average molecular weight is 414 g/mol. The molecule has 1 saturated carbocycles. The molecule has 0 aliphatic heterocycles. The van der Waals surface area contributed by atoms with Gasteiger partial charge in [0.05, 0.1) is 20.9 Å². The Morgan fingerprint density at radius 3 is 2.68 bits per heavy atom. The summed E-state index contributed by atoms with van der Waals surface area (Å²) < 4.78 is 0.852. The van der Waals surface area contributed by atoms with Crippen LogP contribution in [-0.2, 0) is 4.79 Å². The van der Waals surface area contributed by atoms with Crippen LogP contribution >= 0.6 is 22.9 Å². The van der Waals surface area contributed by atoms with Crippen LogP contribution in [0.1, 0.15) is 41.6 Å². The van der Waals surface area contributed by atoms with Gasteiger partial charge < -0.3 is 10.6 Å². The molecule has 1 aromatic heterocycles. The van der Waals surface area contributed by atoms with Crippen LogP contribution < -0.4 is 10.6 Å². The van der Waals surface area contributed by atoms with Crippen LogP contribution in [0.25, 0.3) is 10.2 Å². The molecule has 1 heterocycles. The molecule has 0 atom stereocenters. The van der Waals surface area contributed by atoms with Crippen LogP contribution in [0.2, 0.25) is 5.02 Å². The SMILES string of the molecule is Cc1cccc(Cl)c1NC(=O)c1ccc2nc(NC(=O)C3CCCC3)sc2c1. The Bertz CT molecular complexity index is 1040. The molecule has 4 rings (SSSR count). The van der Waals surface area contributed by atoms with E-state index >= 15 is 0 Å². The molecular formula is C21H20ClN3O2S. The number of para-hydroxylation sites is 1. The minimum absolute atomic E-state index is 0.0451. The molecule has 0 unspecified atom stereocenters. The van der Waals surface area contributed by atoms with Gasteiger partial charge in [-0.25, -0.2) is 4.98 Å². The van der Waals surface area contributed by atoms with Crippen LogP contribution in [-0.4, -0.2) is 16.8 Å². The highest BCUT2D eigenvalue weighted by Gasteiger charge is 2.23. The first-order valence-electron chi connectivity index (χ1n) is 9.29. The topological polar surface area (TPSA) is 71.1 Å². The second kappa shape index (κ2) is 7.89. The van der Waals surface area contributed by atoms with Crippen molar-refractivity contribution in [2.24, 2.45) is 5.92 Å². The number of halogens is 1. The monoisotopic (exact) mass is 413 g/mol. The fourth-order valence-corrected chi connectivity index (χ4v) is 4.67. The van der Waals surface area contributed by atoms with Crippen molar-refractivity contribution < 1.29 is 9.59 Å². The van der Waals surface area contributed by atoms with Crippen molar-refractivity contribution >= 4 is 55.8 Å². The number of carbonyl (C=O) groups excluding carboxylic acids is 2. The highest BCUT2D eigenvalue weighted by molar-refractivity contribution is 7.22. The van der Waals surface area contributed by atoms with Gasteiger partial charge in [-0.05, 0) is 49.6 Å². The second-order valence-electron chi connectivity index (χ2n) is 7.06. The summed E-state index contributed by atoms with van der Waals surface area (Å²) in [7, 11) is 0. The van der Waals surface area contributed by atoms with Gasteiger partial charge in [0.1, 0.15) is 0 Å². The lowest BCUT2D eigenvalue weighted by atomic mass is 10.1. The summed E-state index contributed by atoms with van der Waals surface area (Å²) in [4.78, 5) is 29.4. The number of amides is 2. The number of rotatable bonds is 4. The third-order valence-electron chi connectivity index (χ3n) is 5.07. The lowest BCUT2D eigenvalue weighted by Crippen LogP contribution is -2.19. The normalized spacial score (nSPS) is 14.4. The Kier molecular flexibility index (Phi) is 5.33. The Balaban J connectivity index is 1.52. The van der Waals surface area contributed by atoms with E-state index in [0.29, 0.717) is 21.4 Å². The molecule has 1 aliphatic carbocycles. The molecule has 0 bridgehead atoms. The van der Waals surface area contributed by atoms with Gasteiger partial charge in [-0.2, -0.15) is 0 Å². The Hall–Kier alpha value is -2.44. The standard InChI is InChI=1S/C21H20ClN3O2S/c1-12-5-4-8-15(22)18(12)24-20(27)14-9-10-16-17(11-14)28-21(23-16)25-19(26)13-6-2-3-7-13/h4-5,8-11,13H,2-3,6-7H2,1H3,(H,24,27)(H,23,25,26). The smallest absolute Gasteiger partial charge is 0.255 e. The van der Waals surface area contributed by atoms with Crippen LogP contribution in [0.3, 0.4) is 0 Å². The van der Waals surface area contributed by atoms with Crippen LogP contribution in [0.4, 0.5) is 10.8 Å². The minimum Gasteiger partial charge on any atom is -0.320 e. The van der Waals surface area contributed by atoms with Crippen molar-refractivity contribution in [2.75, 3.05) is 10.6 Å². The van der Waals surface area contributed by atoms with E-state index in [9.17, 15) is 9.59 Å². The minimum atomic E-state index is -0.233. The number of nitrogens with one attached hydrogen (secondary N) is 2. The number of aromatic nitrogens is 1. The summed E-state index contributed by atoms with van der Waals surface area (Å²) in [5, 5.41) is 6.89. The number of benzene rings is 2. The van der Waals surface area contributed by atoms with E-state index in [4.69, 9.17) is 11.6 Å². The summed E-state index contributed by atoms with van der Waals surface area (Å²) in [6, 6.07) is 10.8. The molecule has 0 spiro atoms. The van der Waals surface area contributed by atoms with E-state index < -0.39 is 0 Å². The number of hydrogen-bond acceptors (Lipinski definition) is 4. The Morgan fingerprint density at radius 2 is 1.93 bits per heavy atom. The zero-order chi connectivity index (χ0) is 19.7. The molecule has 7 heteroatoms. The summed E-state index contributed by atoms with van der Waals surface area (Å²) in [6.45, 7) is 1.90. The van der Waals surface area contributed by atoms with Crippen molar-refractivity contribution in [1.82, 2.24) is 4.98 Å². The fourth-order valence-electron chi connectivity index (χ4n) is 3.49.